The molecule has 0 radical (unpaired) electrons. The van der Waals surface area contributed by atoms with Gasteiger partial charge in [0.2, 0.25) is 0 Å². The summed E-state index contributed by atoms with van der Waals surface area (Å²) in [6.45, 7) is 3.71. The Morgan fingerprint density at radius 3 is 2.81 bits per heavy atom. The predicted octanol–water partition coefficient (Wildman–Crippen LogP) is 5.51. The summed E-state index contributed by atoms with van der Waals surface area (Å²) in [5, 5.41) is 4.02. The Balaban J connectivity index is 1.60. The van der Waals surface area contributed by atoms with Gasteiger partial charge in [-0.2, -0.15) is 0 Å². The van der Waals surface area contributed by atoms with E-state index in [2.05, 4.69) is 54.3 Å². The van der Waals surface area contributed by atoms with Crippen molar-refractivity contribution in [2.24, 2.45) is 0 Å². The SMILES string of the molecule is Cc1nc(Nc2cccc(Cl)c2)cc(N2CCc3ccc(Br)cc3C2)n1. The van der Waals surface area contributed by atoms with E-state index in [9.17, 15) is 0 Å². The fourth-order valence-corrected chi connectivity index (χ4v) is 3.81. The molecule has 132 valence electrons. The number of aryl methyl sites for hydroxylation is 1. The van der Waals surface area contributed by atoms with Crippen molar-refractivity contribution in [3.05, 3.63) is 75.0 Å². The van der Waals surface area contributed by atoms with Crippen molar-refractivity contribution < 1.29 is 0 Å². The van der Waals surface area contributed by atoms with Gasteiger partial charge in [-0.25, -0.2) is 9.97 Å². The number of hydrogen-bond acceptors (Lipinski definition) is 4. The lowest BCUT2D eigenvalue weighted by molar-refractivity contribution is 0.717. The molecule has 1 aliphatic rings. The zero-order chi connectivity index (χ0) is 18.1. The first-order chi connectivity index (χ1) is 12.6. The lowest BCUT2D eigenvalue weighted by atomic mass is 10.00. The molecule has 4 nitrogen and oxygen atoms in total. The van der Waals surface area contributed by atoms with Crippen molar-refractivity contribution in [3.63, 3.8) is 0 Å². The first-order valence-electron chi connectivity index (χ1n) is 8.47. The van der Waals surface area contributed by atoms with Crippen LogP contribution in [0.3, 0.4) is 0 Å². The molecule has 6 heteroatoms. The van der Waals surface area contributed by atoms with E-state index in [-0.39, 0.29) is 0 Å². The highest BCUT2D eigenvalue weighted by Gasteiger charge is 2.18. The second-order valence-corrected chi connectivity index (χ2v) is 7.73. The molecule has 1 N–H and O–H groups in total. The Labute approximate surface area is 166 Å². The van der Waals surface area contributed by atoms with Gasteiger partial charge >= 0.3 is 0 Å². The molecule has 0 unspecified atom stereocenters. The van der Waals surface area contributed by atoms with Crippen LogP contribution in [0.1, 0.15) is 17.0 Å². The molecule has 1 aliphatic heterocycles. The topological polar surface area (TPSA) is 41.1 Å². The van der Waals surface area contributed by atoms with Gasteiger partial charge in [0.25, 0.3) is 0 Å². The molecule has 3 aromatic rings. The number of nitrogens with zero attached hydrogens (tertiary/aromatic N) is 3. The van der Waals surface area contributed by atoms with E-state index in [0.717, 1.165) is 47.1 Å². The molecule has 0 bridgehead atoms. The van der Waals surface area contributed by atoms with Gasteiger partial charge in [-0.15, -0.1) is 0 Å². The number of rotatable bonds is 3. The Hall–Kier alpha value is -2.11. The minimum atomic E-state index is 0.694. The van der Waals surface area contributed by atoms with Gasteiger partial charge in [0, 0.05) is 34.3 Å². The minimum Gasteiger partial charge on any atom is -0.352 e. The molecular formula is C20H18BrClN4. The third-order valence-corrected chi connectivity index (χ3v) is 5.15. The molecule has 0 fully saturated rings. The van der Waals surface area contributed by atoms with Crippen molar-refractivity contribution in [1.82, 2.24) is 9.97 Å². The number of nitrogens with one attached hydrogen (secondary N) is 1. The molecule has 0 aliphatic carbocycles. The van der Waals surface area contributed by atoms with Gasteiger partial charge in [0.05, 0.1) is 0 Å². The quantitative estimate of drug-likeness (QED) is 0.596. The fourth-order valence-electron chi connectivity index (χ4n) is 3.21. The van der Waals surface area contributed by atoms with Crippen LogP contribution in [-0.2, 0) is 13.0 Å². The number of hydrogen-bond donors (Lipinski definition) is 1. The molecule has 0 atom stereocenters. The molecule has 0 spiro atoms. The van der Waals surface area contributed by atoms with Gasteiger partial charge in [0.1, 0.15) is 17.5 Å². The summed E-state index contributed by atoms with van der Waals surface area (Å²) in [5.41, 5.74) is 3.66. The van der Waals surface area contributed by atoms with Gasteiger partial charge in [0.15, 0.2) is 0 Å². The lowest BCUT2D eigenvalue weighted by Gasteiger charge is -2.30. The van der Waals surface area contributed by atoms with E-state index in [1.54, 1.807) is 0 Å². The van der Waals surface area contributed by atoms with Gasteiger partial charge in [-0.05, 0) is 54.8 Å². The summed E-state index contributed by atoms with van der Waals surface area (Å²) >= 11 is 9.64. The van der Waals surface area contributed by atoms with Crippen molar-refractivity contribution >= 4 is 44.9 Å². The largest absolute Gasteiger partial charge is 0.352 e. The maximum Gasteiger partial charge on any atom is 0.136 e. The smallest absolute Gasteiger partial charge is 0.136 e. The monoisotopic (exact) mass is 428 g/mol. The highest BCUT2D eigenvalue weighted by molar-refractivity contribution is 9.10. The first kappa shape index (κ1) is 17.3. The molecule has 4 rings (SSSR count). The third-order valence-electron chi connectivity index (χ3n) is 4.43. The molecule has 0 saturated heterocycles. The summed E-state index contributed by atoms with van der Waals surface area (Å²) in [5.74, 6) is 2.45. The van der Waals surface area contributed by atoms with Crippen LogP contribution in [-0.4, -0.2) is 16.5 Å². The van der Waals surface area contributed by atoms with Crippen molar-refractivity contribution in [1.29, 1.82) is 0 Å². The Morgan fingerprint density at radius 2 is 1.96 bits per heavy atom. The molecule has 2 aromatic carbocycles. The van der Waals surface area contributed by atoms with Crippen LogP contribution in [0.15, 0.2) is 53.0 Å². The fraction of sp³-hybridized carbons (Fsp3) is 0.200. The highest BCUT2D eigenvalue weighted by Crippen LogP contribution is 2.28. The van der Waals surface area contributed by atoms with Crippen LogP contribution < -0.4 is 10.2 Å². The predicted molar refractivity (Wildman–Crippen MR) is 110 cm³/mol. The second-order valence-electron chi connectivity index (χ2n) is 6.38. The maximum absolute atomic E-state index is 6.07. The van der Waals surface area contributed by atoms with Gasteiger partial charge in [-0.3, -0.25) is 0 Å². The van der Waals surface area contributed by atoms with Crippen molar-refractivity contribution in [2.45, 2.75) is 19.9 Å². The zero-order valence-corrected chi connectivity index (χ0v) is 16.7. The van der Waals surface area contributed by atoms with Crippen LogP contribution in [0.5, 0.6) is 0 Å². The average Bonchev–Trinajstić information content (AvgIpc) is 2.60. The number of fused-ring (bicyclic) bond motifs is 1. The van der Waals surface area contributed by atoms with Crippen LogP contribution in [0.2, 0.25) is 5.02 Å². The maximum atomic E-state index is 6.07. The second kappa shape index (κ2) is 7.25. The highest BCUT2D eigenvalue weighted by atomic mass is 79.9. The summed E-state index contributed by atoms with van der Waals surface area (Å²) < 4.78 is 1.11. The standard InChI is InChI=1S/C20H18BrClN4/c1-13-23-19(25-18-4-2-3-17(22)10-18)11-20(24-13)26-8-7-14-5-6-16(21)9-15(14)12-26/h2-6,9-11H,7-8,12H2,1H3,(H,23,24,25). The van der Waals surface area contributed by atoms with Crippen LogP contribution in [0.25, 0.3) is 0 Å². The first-order valence-corrected chi connectivity index (χ1v) is 9.64. The zero-order valence-electron chi connectivity index (χ0n) is 14.3. The van der Waals surface area contributed by atoms with E-state index < -0.39 is 0 Å². The van der Waals surface area contributed by atoms with E-state index in [4.69, 9.17) is 11.6 Å². The summed E-state index contributed by atoms with van der Waals surface area (Å²) in [6.07, 6.45) is 1.02. The van der Waals surface area contributed by atoms with E-state index in [0.29, 0.717) is 5.02 Å². The molecule has 0 amide bonds. The van der Waals surface area contributed by atoms with Crippen LogP contribution in [0.4, 0.5) is 17.3 Å². The Kier molecular flexibility index (Phi) is 4.83. The Morgan fingerprint density at radius 1 is 1.08 bits per heavy atom. The summed E-state index contributed by atoms with van der Waals surface area (Å²) in [6, 6.07) is 16.1. The molecule has 1 aromatic heterocycles. The van der Waals surface area contributed by atoms with E-state index in [1.807, 2.05) is 37.3 Å². The molecular weight excluding hydrogens is 412 g/mol. The Bertz CT molecular complexity index is 960. The number of anilines is 3. The van der Waals surface area contributed by atoms with Crippen molar-refractivity contribution in [3.8, 4) is 0 Å². The number of benzene rings is 2. The summed E-state index contributed by atoms with van der Waals surface area (Å²) in [7, 11) is 0. The average molecular weight is 430 g/mol. The van der Waals surface area contributed by atoms with Crippen LogP contribution >= 0.6 is 27.5 Å². The number of halogens is 2. The summed E-state index contributed by atoms with van der Waals surface area (Å²) in [4.78, 5) is 11.5. The van der Waals surface area contributed by atoms with Crippen LogP contribution in [0, 0.1) is 6.92 Å². The van der Waals surface area contributed by atoms with Gasteiger partial charge < -0.3 is 10.2 Å². The van der Waals surface area contributed by atoms with Gasteiger partial charge in [-0.1, -0.05) is 39.7 Å². The molecule has 2 heterocycles. The number of aromatic nitrogens is 2. The van der Waals surface area contributed by atoms with E-state index >= 15 is 0 Å². The third kappa shape index (κ3) is 3.84. The lowest BCUT2D eigenvalue weighted by Crippen LogP contribution is -2.31. The van der Waals surface area contributed by atoms with E-state index in [1.165, 1.54) is 11.1 Å². The molecule has 0 saturated carbocycles. The minimum absolute atomic E-state index is 0.694. The molecule has 26 heavy (non-hydrogen) atoms. The van der Waals surface area contributed by atoms with Crippen molar-refractivity contribution in [2.75, 3.05) is 16.8 Å². The normalized spacial score (nSPS) is 13.4.